The van der Waals surface area contributed by atoms with E-state index in [1.165, 1.54) is 0 Å². The smallest absolute Gasteiger partial charge is 0.220 e. The van der Waals surface area contributed by atoms with Gasteiger partial charge in [-0.25, -0.2) is 0 Å². The van der Waals surface area contributed by atoms with Crippen LogP contribution in [-0.2, 0) is 4.79 Å². The first-order valence-corrected chi connectivity index (χ1v) is 7.53. The average molecular weight is 301 g/mol. The van der Waals surface area contributed by atoms with Gasteiger partial charge >= 0.3 is 0 Å². The highest BCUT2D eigenvalue weighted by molar-refractivity contribution is 6.33. The molecule has 1 saturated heterocycles. The number of hydrogen-bond donors (Lipinski definition) is 0. The normalized spacial score (nSPS) is 18.0. The summed E-state index contributed by atoms with van der Waals surface area (Å²) in [5.74, 6) is 0.113. The summed E-state index contributed by atoms with van der Waals surface area (Å²) in [5.41, 5.74) is 2.72. The molecule has 21 heavy (non-hydrogen) atoms. The van der Waals surface area contributed by atoms with Crippen LogP contribution in [0.5, 0.6) is 0 Å². The van der Waals surface area contributed by atoms with Crippen LogP contribution in [0.15, 0.2) is 42.5 Å². The SMILES string of the molecule is CC(=O)N1CCCC1c1cccc(-c2ccccc2Cl)n1. The maximum atomic E-state index is 11.7. The first-order chi connectivity index (χ1) is 10.2. The fourth-order valence-corrected chi connectivity index (χ4v) is 3.14. The van der Waals surface area contributed by atoms with Crippen molar-refractivity contribution in [1.82, 2.24) is 9.88 Å². The molecule has 0 saturated carbocycles. The lowest BCUT2D eigenvalue weighted by Crippen LogP contribution is -2.28. The third-order valence-electron chi connectivity index (χ3n) is 3.92. The largest absolute Gasteiger partial charge is 0.334 e. The fraction of sp³-hybridized carbons (Fsp3) is 0.294. The van der Waals surface area contributed by atoms with Crippen molar-refractivity contribution < 1.29 is 4.79 Å². The lowest BCUT2D eigenvalue weighted by atomic mass is 10.1. The minimum atomic E-state index is 0.0879. The Morgan fingerprint density at radius 3 is 2.81 bits per heavy atom. The van der Waals surface area contributed by atoms with Gasteiger partial charge in [-0.05, 0) is 31.0 Å². The van der Waals surface area contributed by atoms with Crippen molar-refractivity contribution in [3.8, 4) is 11.3 Å². The fourth-order valence-electron chi connectivity index (χ4n) is 2.91. The van der Waals surface area contributed by atoms with E-state index < -0.39 is 0 Å². The Morgan fingerprint density at radius 1 is 1.24 bits per heavy atom. The van der Waals surface area contributed by atoms with Gasteiger partial charge in [0.2, 0.25) is 5.91 Å². The van der Waals surface area contributed by atoms with Gasteiger partial charge < -0.3 is 4.90 Å². The molecular formula is C17H17ClN2O. The topological polar surface area (TPSA) is 33.2 Å². The highest BCUT2D eigenvalue weighted by atomic mass is 35.5. The van der Waals surface area contributed by atoms with E-state index in [1.807, 2.05) is 47.4 Å². The second-order valence-electron chi connectivity index (χ2n) is 5.30. The minimum Gasteiger partial charge on any atom is -0.334 e. The summed E-state index contributed by atoms with van der Waals surface area (Å²) in [7, 11) is 0. The van der Waals surface area contributed by atoms with Crippen molar-refractivity contribution in [2.75, 3.05) is 6.54 Å². The summed E-state index contributed by atoms with van der Waals surface area (Å²) in [5, 5.41) is 0.692. The van der Waals surface area contributed by atoms with E-state index in [1.54, 1.807) is 6.92 Å². The third kappa shape index (κ3) is 2.79. The molecule has 0 aliphatic carbocycles. The molecule has 1 aromatic heterocycles. The second-order valence-corrected chi connectivity index (χ2v) is 5.71. The number of aromatic nitrogens is 1. The van der Waals surface area contributed by atoms with E-state index in [2.05, 4.69) is 0 Å². The third-order valence-corrected chi connectivity index (χ3v) is 4.25. The van der Waals surface area contributed by atoms with E-state index in [9.17, 15) is 4.79 Å². The minimum absolute atomic E-state index is 0.0879. The first-order valence-electron chi connectivity index (χ1n) is 7.16. The van der Waals surface area contributed by atoms with Crippen molar-refractivity contribution in [3.05, 3.63) is 53.2 Å². The molecule has 108 valence electrons. The molecule has 1 aliphatic rings. The Kier molecular flexibility index (Phi) is 3.93. The maximum absolute atomic E-state index is 11.7. The molecule has 4 heteroatoms. The monoisotopic (exact) mass is 300 g/mol. The molecule has 1 fully saturated rings. The van der Waals surface area contributed by atoms with Crippen LogP contribution >= 0.6 is 11.6 Å². The molecule has 3 rings (SSSR count). The molecule has 1 aromatic carbocycles. The summed E-state index contributed by atoms with van der Waals surface area (Å²) >= 11 is 6.25. The zero-order valence-electron chi connectivity index (χ0n) is 11.9. The standard InChI is InChI=1S/C17H17ClN2O/c1-12(21)20-11-5-10-17(20)16-9-4-8-15(19-16)13-6-2-3-7-14(13)18/h2-4,6-9,17H,5,10-11H2,1H3. The van der Waals surface area contributed by atoms with E-state index in [0.29, 0.717) is 5.02 Å². The molecule has 0 N–H and O–H groups in total. The number of pyridine rings is 1. The average Bonchev–Trinajstić information content (AvgIpc) is 2.97. The summed E-state index contributed by atoms with van der Waals surface area (Å²) in [6, 6.07) is 13.7. The van der Waals surface area contributed by atoms with E-state index in [0.717, 1.165) is 36.3 Å². The zero-order valence-corrected chi connectivity index (χ0v) is 12.7. The number of carbonyl (C=O) groups excluding carboxylic acids is 1. The van der Waals surface area contributed by atoms with Crippen molar-refractivity contribution in [2.24, 2.45) is 0 Å². The number of halogens is 1. The van der Waals surface area contributed by atoms with Crippen LogP contribution in [0.2, 0.25) is 5.02 Å². The van der Waals surface area contributed by atoms with Crippen molar-refractivity contribution in [1.29, 1.82) is 0 Å². The van der Waals surface area contributed by atoms with Crippen molar-refractivity contribution >= 4 is 17.5 Å². The van der Waals surface area contributed by atoms with Gasteiger partial charge in [0, 0.05) is 24.1 Å². The van der Waals surface area contributed by atoms with Crippen LogP contribution in [0.4, 0.5) is 0 Å². The number of carbonyl (C=O) groups is 1. The van der Waals surface area contributed by atoms with Gasteiger partial charge in [-0.2, -0.15) is 0 Å². The molecule has 1 atom stereocenters. The number of hydrogen-bond acceptors (Lipinski definition) is 2. The van der Waals surface area contributed by atoms with Crippen LogP contribution in [0.3, 0.4) is 0 Å². The predicted octanol–water partition coefficient (Wildman–Crippen LogP) is 4.09. The number of nitrogens with zero attached hydrogens (tertiary/aromatic N) is 2. The lowest BCUT2D eigenvalue weighted by Gasteiger charge is -2.23. The molecule has 3 nitrogen and oxygen atoms in total. The van der Waals surface area contributed by atoms with Crippen LogP contribution in [-0.4, -0.2) is 22.3 Å². The van der Waals surface area contributed by atoms with E-state index in [4.69, 9.17) is 16.6 Å². The molecule has 1 amide bonds. The molecule has 1 unspecified atom stereocenters. The summed E-state index contributed by atoms with van der Waals surface area (Å²) in [6.07, 6.45) is 2.00. The van der Waals surface area contributed by atoms with Gasteiger partial charge in [-0.15, -0.1) is 0 Å². The first kappa shape index (κ1) is 14.1. The lowest BCUT2D eigenvalue weighted by molar-refractivity contribution is -0.129. The molecule has 2 aromatic rings. The van der Waals surface area contributed by atoms with Crippen LogP contribution in [0.1, 0.15) is 31.5 Å². The van der Waals surface area contributed by atoms with Crippen LogP contribution < -0.4 is 0 Å². The van der Waals surface area contributed by atoms with Gasteiger partial charge in [0.1, 0.15) is 0 Å². The Labute approximate surface area is 129 Å². The van der Waals surface area contributed by atoms with Gasteiger partial charge in [-0.3, -0.25) is 9.78 Å². The molecule has 2 heterocycles. The molecule has 0 radical (unpaired) electrons. The van der Waals surface area contributed by atoms with Crippen LogP contribution in [0, 0.1) is 0 Å². The zero-order chi connectivity index (χ0) is 14.8. The number of rotatable bonds is 2. The van der Waals surface area contributed by atoms with E-state index in [-0.39, 0.29) is 11.9 Å². The highest BCUT2D eigenvalue weighted by Crippen LogP contribution is 2.33. The Bertz CT molecular complexity index is 671. The summed E-state index contributed by atoms with van der Waals surface area (Å²) in [6.45, 7) is 2.44. The Hall–Kier alpha value is -1.87. The number of benzene rings is 1. The van der Waals surface area contributed by atoms with Gasteiger partial charge in [-0.1, -0.05) is 35.9 Å². The Balaban J connectivity index is 1.97. The van der Waals surface area contributed by atoms with E-state index >= 15 is 0 Å². The van der Waals surface area contributed by atoms with Crippen molar-refractivity contribution in [3.63, 3.8) is 0 Å². The van der Waals surface area contributed by atoms with Crippen molar-refractivity contribution in [2.45, 2.75) is 25.8 Å². The Morgan fingerprint density at radius 2 is 2.05 bits per heavy atom. The molecule has 1 aliphatic heterocycles. The summed E-state index contributed by atoms with van der Waals surface area (Å²) in [4.78, 5) is 18.4. The highest BCUT2D eigenvalue weighted by Gasteiger charge is 2.28. The van der Waals surface area contributed by atoms with Gasteiger partial charge in [0.05, 0.1) is 17.4 Å². The summed E-state index contributed by atoms with van der Waals surface area (Å²) < 4.78 is 0. The van der Waals surface area contributed by atoms with Crippen LogP contribution in [0.25, 0.3) is 11.3 Å². The quantitative estimate of drug-likeness (QED) is 0.837. The predicted molar refractivity (Wildman–Crippen MR) is 84.0 cm³/mol. The molecular weight excluding hydrogens is 284 g/mol. The van der Waals surface area contributed by atoms with Gasteiger partial charge in [0.25, 0.3) is 0 Å². The van der Waals surface area contributed by atoms with Gasteiger partial charge in [0.15, 0.2) is 0 Å². The maximum Gasteiger partial charge on any atom is 0.220 e. The number of amides is 1. The number of likely N-dealkylation sites (tertiary alicyclic amines) is 1. The molecule has 0 spiro atoms. The second kappa shape index (κ2) is 5.86. The molecule has 0 bridgehead atoms.